The van der Waals surface area contributed by atoms with E-state index in [4.69, 9.17) is 4.79 Å². The molecule has 0 radical (unpaired) electrons. The van der Waals surface area contributed by atoms with E-state index in [9.17, 15) is 0 Å². The van der Waals surface area contributed by atoms with Crippen LogP contribution < -0.4 is 0 Å². The minimum Gasteiger partial charge on any atom is -0.307 e. The van der Waals surface area contributed by atoms with Crippen molar-refractivity contribution in [2.75, 3.05) is 0 Å². The van der Waals surface area contributed by atoms with E-state index in [1.807, 2.05) is 34.5 Å². The van der Waals surface area contributed by atoms with Crippen LogP contribution in [-0.4, -0.2) is 12.7 Å². The Bertz CT molecular complexity index is 19.0. The molecule has 0 aromatic heterocycles. The Hall–Kier alpha value is -0.240. The van der Waals surface area contributed by atoms with Gasteiger partial charge in [0.1, 0.15) is 6.79 Å². The molecule has 0 atom stereocenters. The molecule has 0 aliphatic heterocycles. The van der Waals surface area contributed by atoms with Gasteiger partial charge in [0.25, 0.3) is 0 Å². The number of hydrogen-bond donors (Lipinski definition) is 0. The van der Waals surface area contributed by atoms with Gasteiger partial charge in [-0.15, -0.1) is 0 Å². The molecule has 0 unspecified atom stereocenters. The molecule has 72 valence electrons. The van der Waals surface area contributed by atoms with Gasteiger partial charge in [0.2, 0.25) is 0 Å². The van der Waals surface area contributed by atoms with Gasteiger partial charge in [-0.1, -0.05) is 54.8 Å². The number of hydrogen-bond acceptors (Lipinski definition) is 2. The minimum atomic E-state index is 0. The highest BCUT2D eigenvalue weighted by molar-refractivity contribution is 7.77. The van der Waals surface area contributed by atoms with Crippen LogP contribution >= 0.6 is 12.2 Å². The van der Waals surface area contributed by atoms with Crippen molar-refractivity contribution in [1.29, 1.82) is 0 Å². The summed E-state index contributed by atoms with van der Waals surface area (Å²) < 4.78 is 0. The predicted octanol–water partition coefficient (Wildman–Crippen LogP) is 4.25. The summed E-state index contributed by atoms with van der Waals surface area (Å²) in [6.45, 7) is 10.0. The van der Waals surface area contributed by atoms with Crippen molar-refractivity contribution in [2.24, 2.45) is 0 Å². The second-order valence-electron chi connectivity index (χ2n) is 0. The van der Waals surface area contributed by atoms with Crippen LogP contribution in [0.25, 0.3) is 0 Å². The molecule has 0 saturated heterocycles. The fourth-order valence-corrected chi connectivity index (χ4v) is 0. The Labute approximate surface area is 75.8 Å². The van der Waals surface area contributed by atoms with Crippen LogP contribution in [0, 0.1) is 0 Å². The van der Waals surface area contributed by atoms with Gasteiger partial charge >= 0.3 is 0 Å². The van der Waals surface area contributed by atoms with Crippen LogP contribution in [0.3, 0.4) is 0 Å². The highest BCUT2D eigenvalue weighted by Crippen LogP contribution is 1.15. The summed E-state index contributed by atoms with van der Waals surface area (Å²) in [5.41, 5.74) is 0. The van der Waals surface area contributed by atoms with Crippen LogP contribution in [0.2, 0.25) is 0 Å². The van der Waals surface area contributed by atoms with Crippen molar-refractivity contribution in [3.05, 3.63) is 0 Å². The fourth-order valence-electron chi connectivity index (χ4n) is 0. The summed E-state index contributed by atoms with van der Waals surface area (Å²) in [5, 5.41) is 0. The lowest BCUT2D eigenvalue weighted by Gasteiger charge is -1.07. The first-order chi connectivity index (χ1) is 4.00. The highest BCUT2D eigenvalue weighted by atomic mass is 32.1. The smallest absolute Gasteiger partial charge is 0.106 e. The first kappa shape index (κ1) is 53.0. The van der Waals surface area contributed by atoms with E-state index in [1.54, 1.807) is 0 Å². The van der Waals surface area contributed by atoms with Gasteiger partial charge in [0.05, 0.1) is 0 Å². The Morgan fingerprint density at radius 1 is 0.900 bits per heavy atom. The van der Waals surface area contributed by atoms with Gasteiger partial charge in [-0.25, -0.2) is 0 Å². The van der Waals surface area contributed by atoms with E-state index in [-0.39, 0.29) is 17.7 Å². The largest absolute Gasteiger partial charge is 0.307 e. The van der Waals surface area contributed by atoms with Crippen LogP contribution in [0.1, 0.15) is 45.4 Å². The molecule has 0 aromatic rings. The van der Waals surface area contributed by atoms with Gasteiger partial charge in [-0.2, -0.15) is 0 Å². The zero-order valence-electron chi connectivity index (χ0n) is 6.23. The number of carbonyl (C=O) groups is 1. The summed E-state index contributed by atoms with van der Waals surface area (Å²) >= 11 is 3.83. The number of thiocarbonyl (C=S) groups is 1. The third kappa shape index (κ3) is 6160. The Morgan fingerprint density at radius 3 is 0.900 bits per heavy atom. The molecule has 0 N–H and O–H groups in total. The monoisotopic (exact) mass is 176 g/mol. The third-order valence-electron chi connectivity index (χ3n) is 0. The maximum absolute atomic E-state index is 8.00. The maximum atomic E-state index is 8.00. The van der Waals surface area contributed by atoms with Crippen molar-refractivity contribution in [3.63, 3.8) is 0 Å². The summed E-state index contributed by atoms with van der Waals surface area (Å²) in [5.74, 6) is 2.83. The molecule has 1 nitrogen and oxygen atoms in total. The molecule has 0 spiro atoms. The Kier molecular flexibility index (Phi) is 48500. The second kappa shape index (κ2) is 9160. The van der Waals surface area contributed by atoms with Crippen molar-refractivity contribution in [2.45, 2.75) is 42.5 Å². The first-order valence-electron chi connectivity index (χ1n) is 2.58. The molecule has 2 heteroatoms. The normalized spacial score (nSPS) is 2.00. The molecule has 10 heavy (non-hydrogen) atoms. The van der Waals surface area contributed by atoms with Gasteiger partial charge in [-0.05, 0) is 5.87 Å². The van der Waals surface area contributed by atoms with Crippen LogP contribution in [0.15, 0.2) is 0 Å². The van der Waals surface area contributed by atoms with E-state index in [1.165, 1.54) is 0 Å². The predicted molar refractivity (Wildman–Crippen MR) is 62.2 cm³/mol. The molecule has 0 aliphatic rings. The molecule has 0 rings (SSSR count). The molecular formula is C8H28OS. The molecule has 0 bridgehead atoms. The molecule has 0 aliphatic carbocycles. The van der Waals surface area contributed by atoms with E-state index in [0.29, 0.717) is 0 Å². The average Bonchev–Trinajstić information content (AvgIpc) is 2.03. The van der Waals surface area contributed by atoms with Crippen molar-refractivity contribution in [1.82, 2.24) is 0 Å². The molecule has 0 amide bonds. The van der Waals surface area contributed by atoms with Crippen molar-refractivity contribution < 1.29 is 7.65 Å². The average molecular weight is 176 g/mol. The quantitative estimate of drug-likeness (QED) is 0.513. The Morgan fingerprint density at radius 2 is 0.900 bits per heavy atom. The summed E-state index contributed by atoms with van der Waals surface area (Å²) in [6, 6.07) is 0. The molecule has 0 fully saturated rings. The highest BCUT2D eigenvalue weighted by Gasteiger charge is 0.934. The van der Waals surface area contributed by atoms with E-state index < -0.39 is 0 Å². The topological polar surface area (TPSA) is 17.1 Å². The van der Waals surface area contributed by atoms with E-state index in [2.05, 4.69) is 18.1 Å². The maximum Gasteiger partial charge on any atom is 0.106 e. The van der Waals surface area contributed by atoms with Crippen molar-refractivity contribution >= 4 is 24.9 Å². The van der Waals surface area contributed by atoms with Gasteiger partial charge in [0.15, 0.2) is 0 Å². The van der Waals surface area contributed by atoms with E-state index >= 15 is 0 Å². The summed E-state index contributed by atoms with van der Waals surface area (Å²) in [4.78, 5) is 8.00. The van der Waals surface area contributed by atoms with Gasteiger partial charge in [0, 0.05) is 2.85 Å². The summed E-state index contributed by atoms with van der Waals surface area (Å²) in [7, 11) is 0. The SMILES string of the molecule is C.C.C=O.C=S.CC.CC.[3HH].[3HH]. The zero-order chi connectivity index (χ0) is 8.00. The van der Waals surface area contributed by atoms with Gasteiger partial charge in [-0.3, -0.25) is 0 Å². The molecular weight excluding hydrogens is 144 g/mol. The molecule has 0 heterocycles. The van der Waals surface area contributed by atoms with Crippen molar-refractivity contribution in [3.8, 4) is 0 Å². The fraction of sp³-hybridized carbons (Fsp3) is 0.750. The molecule has 0 saturated carbocycles. The third-order valence-corrected chi connectivity index (χ3v) is 0. The number of rotatable bonds is 0. The van der Waals surface area contributed by atoms with Gasteiger partial charge < -0.3 is 4.79 Å². The lowest BCUT2D eigenvalue weighted by Crippen LogP contribution is -0.925. The lowest BCUT2D eigenvalue weighted by atomic mass is 11.0. The zero-order valence-corrected chi connectivity index (χ0v) is 7.05. The van der Waals surface area contributed by atoms with E-state index in [0.717, 1.165) is 0 Å². The first-order valence-corrected chi connectivity index (χ1v) is 3.15. The van der Waals surface area contributed by atoms with Crippen LogP contribution in [0.4, 0.5) is 0 Å². The number of carbonyl (C=O) groups excluding carboxylic acids is 1. The van der Waals surface area contributed by atoms with Crippen LogP contribution in [0.5, 0.6) is 0 Å². The minimum absolute atomic E-state index is 0. The van der Waals surface area contributed by atoms with Crippen LogP contribution in [-0.2, 0) is 4.79 Å². The second-order valence-corrected chi connectivity index (χ2v) is 0. The Balaban J connectivity index is -0.00000000267. The molecule has 0 aromatic carbocycles. The summed E-state index contributed by atoms with van der Waals surface area (Å²) in [6.07, 6.45) is 0. The lowest BCUT2D eigenvalue weighted by molar-refractivity contribution is -0.0979. The standard InChI is InChI=1S/2C2H6.CH2O.CH2S.2CH4.2H2/c4*1-2;;;;/h2*1-2H3;2*1H2;2*1H4;2*1H/i;;;;;;2*1+2.